The first-order valence-electron chi connectivity index (χ1n) is 5.36. The molecule has 14 heavy (non-hydrogen) atoms. The lowest BCUT2D eigenvalue weighted by atomic mass is 9.99. The standard InChI is InChI=1S/C13H20S/c1-4-5-6-11-7-9-12(10-8-11)13(2,3)14/h7-10,14H,4-6H2,1-3H3. The second kappa shape index (κ2) is 4.88. The van der Waals surface area contributed by atoms with Crippen LogP contribution >= 0.6 is 12.6 Å². The van der Waals surface area contributed by atoms with Crippen LogP contribution in [0.4, 0.5) is 0 Å². The van der Waals surface area contributed by atoms with Crippen LogP contribution in [0.15, 0.2) is 24.3 Å². The molecule has 0 amide bonds. The third-order valence-corrected chi connectivity index (χ3v) is 2.74. The lowest BCUT2D eigenvalue weighted by Crippen LogP contribution is -2.07. The van der Waals surface area contributed by atoms with E-state index < -0.39 is 0 Å². The van der Waals surface area contributed by atoms with Gasteiger partial charge in [0.25, 0.3) is 0 Å². The Hall–Kier alpha value is -0.430. The fraction of sp³-hybridized carbons (Fsp3) is 0.538. The van der Waals surface area contributed by atoms with Crippen LogP contribution < -0.4 is 0 Å². The molecule has 0 heterocycles. The highest BCUT2D eigenvalue weighted by molar-refractivity contribution is 7.81. The van der Waals surface area contributed by atoms with Crippen molar-refractivity contribution in [2.24, 2.45) is 0 Å². The van der Waals surface area contributed by atoms with Gasteiger partial charge in [-0.2, -0.15) is 12.6 Å². The van der Waals surface area contributed by atoms with E-state index in [1.165, 1.54) is 30.4 Å². The minimum absolute atomic E-state index is 0.0245. The Morgan fingerprint density at radius 2 is 1.71 bits per heavy atom. The van der Waals surface area contributed by atoms with Crippen LogP contribution in [0, 0.1) is 0 Å². The maximum absolute atomic E-state index is 4.55. The zero-order valence-corrected chi connectivity index (χ0v) is 10.3. The molecule has 0 nitrogen and oxygen atoms in total. The van der Waals surface area contributed by atoms with Gasteiger partial charge < -0.3 is 0 Å². The van der Waals surface area contributed by atoms with E-state index in [0.29, 0.717) is 0 Å². The molecule has 0 atom stereocenters. The lowest BCUT2D eigenvalue weighted by molar-refractivity contribution is 0.779. The largest absolute Gasteiger partial charge is 0.168 e. The molecule has 0 aliphatic rings. The van der Waals surface area contributed by atoms with Crippen LogP contribution in [-0.2, 0) is 11.2 Å². The van der Waals surface area contributed by atoms with Crippen LogP contribution in [-0.4, -0.2) is 0 Å². The second-order valence-corrected chi connectivity index (χ2v) is 5.48. The molecule has 0 radical (unpaired) electrons. The molecular weight excluding hydrogens is 188 g/mol. The molecule has 0 saturated carbocycles. The van der Waals surface area contributed by atoms with Gasteiger partial charge in [0.15, 0.2) is 0 Å². The van der Waals surface area contributed by atoms with Crippen LogP contribution in [0.3, 0.4) is 0 Å². The SMILES string of the molecule is CCCCc1ccc(C(C)(C)S)cc1. The van der Waals surface area contributed by atoms with Crippen molar-refractivity contribution in [3.63, 3.8) is 0 Å². The predicted octanol–water partition coefficient (Wildman–Crippen LogP) is 4.19. The highest BCUT2D eigenvalue weighted by Crippen LogP contribution is 2.27. The van der Waals surface area contributed by atoms with E-state index in [1.54, 1.807) is 0 Å². The van der Waals surface area contributed by atoms with Crippen LogP contribution in [0.25, 0.3) is 0 Å². The van der Waals surface area contributed by atoms with Crippen molar-refractivity contribution >= 4 is 12.6 Å². The molecule has 0 spiro atoms. The topological polar surface area (TPSA) is 0 Å². The Bertz CT molecular complexity index is 266. The minimum atomic E-state index is -0.0245. The number of unbranched alkanes of at least 4 members (excludes halogenated alkanes) is 1. The van der Waals surface area contributed by atoms with Crippen molar-refractivity contribution in [3.05, 3.63) is 35.4 Å². The Balaban J connectivity index is 2.69. The number of hydrogen-bond acceptors (Lipinski definition) is 1. The molecule has 0 saturated heterocycles. The first-order valence-corrected chi connectivity index (χ1v) is 5.80. The van der Waals surface area contributed by atoms with Crippen molar-refractivity contribution in [3.8, 4) is 0 Å². The molecule has 1 aromatic rings. The number of rotatable bonds is 4. The smallest absolute Gasteiger partial charge is 0.0322 e. The van der Waals surface area contributed by atoms with Crippen LogP contribution in [0.1, 0.15) is 44.7 Å². The zero-order valence-electron chi connectivity index (χ0n) is 9.38. The normalized spacial score (nSPS) is 11.7. The van der Waals surface area contributed by atoms with Gasteiger partial charge >= 0.3 is 0 Å². The lowest BCUT2D eigenvalue weighted by Gasteiger charge is -2.18. The molecule has 0 N–H and O–H groups in total. The Morgan fingerprint density at radius 1 is 1.14 bits per heavy atom. The van der Waals surface area contributed by atoms with E-state index >= 15 is 0 Å². The monoisotopic (exact) mass is 208 g/mol. The van der Waals surface area contributed by atoms with E-state index in [0.717, 1.165) is 0 Å². The van der Waals surface area contributed by atoms with Gasteiger partial charge in [0, 0.05) is 4.75 Å². The third-order valence-electron chi connectivity index (χ3n) is 2.48. The number of benzene rings is 1. The average Bonchev–Trinajstić information content (AvgIpc) is 2.14. The van der Waals surface area contributed by atoms with Crippen molar-refractivity contribution in [2.45, 2.75) is 44.8 Å². The minimum Gasteiger partial charge on any atom is -0.168 e. The molecule has 0 fully saturated rings. The maximum Gasteiger partial charge on any atom is 0.0322 e. The van der Waals surface area contributed by atoms with Gasteiger partial charge in [-0.05, 0) is 37.8 Å². The van der Waals surface area contributed by atoms with Gasteiger partial charge in [-0.3, -0.25) is 0 Å². The fourth-order valence-corrected chi connectivity index (χ4v) is 1.61. The molecule has 1 aromatic carbocycles. The van der Waals surface area contributed by atoms with E-state index in [1.807, 2.05) is 0 Å². The van der Waals surface area contributed by atoms with Gasteiger partial charge in [-0.1, -0.05) is 37.6 Å². The van der Waals surface area contributed by atoms with Gasteiger partial charge in [0.2, 0.25) is 0 Å². The van der Waals surface area contributed by atoms with Gasteiger partial charge in [0.1, 0.15) is 0 Å². The summed E-state index contributed by atoms with van der Waals surface area (Å²) in [5.74, 6) is 0. The molecule has 78 valence electrons. The average molecular weight is 208 g/mol. The van der Waals surface area contributed by atoms with E-state index in [4.69, 9.17) is 0 Å². The number of hydrogen-bond donors (Lipinski definition) is 1. The highest BCUT2D eigenvalue weighted by Gasteiger charge is 2.13. The highest BCUT2D eigenvalue weighted by atomic mass is 32.1. The van der Waals surface area contributed by atoms with Crippen molar-refractivity contribution in [1.82, 2.24) is 0 Å². The summed E-state index contributed by atoms with van der Waals surface area (Å²) in [5, 5.41) is 0. The summed E-state index contributed by atoms with van der Waals surface area (Å²) in [6.45, 7) is 6.47. The van der Waals surface area contributed by atoms with E-state index in [2.05, 4.69) is 57.7 Å². The number of aryl methyl sites for hydroxylation is 1. The Kier molecular flexibility index (Phi) is 4.06. The van der Waals surface area contributed by atoms with Crippen molar-refractivity contribution in [2.75, 3.05) is 0 Å². The summed E-state index contributed by atoms with van der Waals surface area (Å²) in [6.07, 6.45) is 3.74. The van der Waals surface area contributed by atoms with E-state index in [9.17, 15) is 0 Å². The summed E-state index contributed by atoms with van der Waals surface area (Å²) in [4.78, 5) is 0. The summed E-state index contributed by atoms with van der Waals surface area (Å²) in [6, 6.07) is 8.84. The molecule has 0 aromatic heterocycles. The molecule has 0 aliphatic heterocycles. The van der Waals surface area contributed by atoms with Gasteiger partial charge in [-0.15, -0.1) is 0 Å². The van der Waals surface area contributed by atoms with Gasteiger partial charge in [0.05, 0.1) is 0 Å². The van der Waals surface area contributed by atoms with Crippen molar-refractivity contribution < 1.29 is 0 Å². The fourth-order valence-electron chi connectivity index (χ4n) is 1.46. The predicted molar refractivity (Wildman–Crippen MR) is 67.1 cm³/mol. The summed E-state index contributed by atoms with van der Waals surface area (Å²) in [7, 11) is 0. The van der Waals surface area contributed by atoms with Crippen molar-refractivity contribution in [1.29, 1.82) is 0 Å². The molecule has 0 unspecified atom stereocenters. The molecule has 0 bridgehead atoms. The van der Waals surface area contributed by atoms with Gasteiger partial charge in [-0.25, -0.2) is 0 Å². The molecular formula is C13H20S. The first kappa shape index (κ1) is 11.6. The summed E-state index contributed by atoms with van der Waals surface area (Å²) in [5.41, 5.74) is 2.73. The zero-order chi connectivity index (χ0) is 10.6. The second-order valence-electron chi connectivity index (χ2n) is 4.36. The molecule has 1 rings (SSSR count). The maximum atomic E-state index is 4.55. The first-order chi connectivity index (χ1) is 6.54. The van der Waals surface area contributed by atoms with Crippen LogP contribution in [0.2, 0.25) is 0 Å². The third kappa shape index (κ3) is 3.38. The van der Waals surface area contributed by atoms with Crippen LogP contribution in [0.5, 0.6) is 0 Å². The molecule has 1 heteroatoms. The summed E-state index contributed by atoms with van der Waals surface area (Å²) >= 11 is 4.55. The Morgan fingerprint density at radius 3 is 2.14 bits per heavy atom. The molecule has 0 aliphatic carbocycles. The summed E-state index contributed by atoms with van der Waals surface area (Å²) < 4.78 is -0.0245. The number of thiol groups is 1. The quantitative estimate of drug-likeness (QED) is 0.705. The Labute approximate surface area is 93.1 Å². The van der Waals surface area contributed by atoms with E-state index in [-0.39, 0.29) is 4.75 Å².